The fourth-order valence-corrected chi connectivity index (χ4v) is 1.69. The van der Waals surface area contributed by atoms with Gasteiger partial charge in [-0.1, -0.05) is 0 Å². The maximum Gasteiger partial charge on any atom is 0.339 e. The Morgan fingerprint density at radius 2 is 2.00 bits per heavy atom. The van der Waals surface area contributed by atoms with Gasteiger partial charge in [-0.25, -0.2) is 4.79 Å². The van der Waals surface area contributed by atoms with Gasteiger partial charge in [0.05, 0.1) is 31.0 Å². The maximum atomic E-state index is 11.5. The van der Waals surface area contributed by atoms with Crippen LogP contribution in [0.2, 0.25) is 0 Å². The minimum atomic E-state index is -0.368. The molecule has 0 aliphatic rings. The smallest absolute Gasteiger partial charge is 0.339 e. The second-order valence-corrected chi connectivity index (χ2v) is 3.67. The van der Waals surface area contributed by atoms with Crippen LogP contribution in [0.4, 0.5) is 0 Å². The van der Waals surface area contributed by atoms with Crippen LogP contribution in [0.5, 0.6) is 5.75 Å². The number of fused-ring (bicyclic) bond motifs is 1. The van der Waals surface area contributed by atoms with Crippen molar-refractivity contribution < 1.29 is 14.3 Å². The van der Waals surface area contributed by atoms with Crippen molar-refractivity contribution in [3.8, 4) is 5.75 Å². The zero-order chi connectivity index (χ0) is 12.4. The third-order valence-corrected chi connectivity index (χ3v) is 2.62. The molecule has 1 aromatic heterocycles. The van der Waals surface area contributed by atoms with Crippen LogP contribution in [0.25, 0.3) is 10.9 Å². The summed E-state index contributed by atoms with van der Waals surface area (Å²) in [5, 5.41) is 0.886. The van der Waals surface area contributed by atoms with Gasteiger partial charge in [-0.2, -0.15) is 0 Å². The highest BCUT2D eigenvalue weighted by molar-refractivity contribution is 5.95. The van der Waals surface area contributed by atoms with Crippen molar-refractivity contribution in [3.05, 3.63) is 35.5 Å². The van der Waals surface area contributed by atoms with Crippen molar-refractivity contribution in [3.63, 3.8) is 0 Å². The molecule has 0 bridgehead atoms. The summed E-state index contributed by atoms with van der Waals surface area (Å²) < 4.78 is 9.84. The predicted octanol–water partition coefficient (Wildman–Crippen LogP) is 2.34. The number of esters is 1. The predicted molar refractivity (Wildman–Crippen MR) is 64.4 cm³/mol. The second kappa shape index (κ2) is 4.41. The van der Waals surface area contributed by atoms with Crippen LogP contribution in [-0.4, -0.2) is 25.2 Å². The van der Waals surface area contributed by atoms with E-state index in [1.54, 1.807) is 20.1 Å². The van der Waals surface area contributed by atoms with Crippen molar-refractivity contribution in [2.24, 2.45) is 0 Å². The Labute approximate surface area is 99.2 Å². The number of pyridine rings is 1. The molecule has 0 N–H and O–H groups in total. The molecule has 0 atom stereocenters. The van der Waals surface area contributed by atoms with E-state index in [4.69, 9.17) is 9.47 Å². The van der Waals surface area contributed by atoms with Gasteiger partial charge in [0.1, 0.15) is 5.75 Å². The van der Waals surface area contributed by atoms with Gasteiger partial charge in [0.15, 0.2) is 0 Å². The lowest BCUT2D eigenvalue weighted by molar-refractivity contribution is 0.0599. The summed E-state index contributed by atoms with van der Waals surface area (Å²) in [4.78, 5) is 15.9. The van der Waals surface area contributed by atoms with Crippen LogP contribution in [-0.2, 0) is 4.74 Å². The number of nitrogens with zero attached hydrogens (tertiary/aromatic N) is 1. The Morgan fingerprint density at radius 1 is 1.24 bits per heavy atom. The molecule has 2 aromatic rings. The zero-order valence-corrected chi connectivity index (χ0v) is 9.98. The lowest BCUT2D eigenvalue weighted by Gasteiger charge is -2.06. The average Bonchev–Trinajstić information content (AvgIpc) is 2.36. The molecule has 2 rings (SSSR count). The summed E-state index contributed by atoms with van der Waals surface area (Å²) in [6, 6.07) is 7.32. The molecule has 0 spiro atoms. The molecule has 0 saturated carbocycles. The molecule has 1 aromatic carbocycles. The van der Waals surface area contributed by atoms with Crippen LogP contribution in [0.1, 0.15) is 16.1 Å². The number of rotatable bonds is 2. The molecule has 0 radical (unpaired) electrons. The van der Waals surface area contributed by atoms with Gasteiger partial charge in [-0.15, -0.1) is 0 Å². The number of carbonyl (C=O) groups is 1. The maximum absolute atomic E-state index is 11.5. The summed E-state index contributed by atoms with van der Waals surface area (Å²) in [5.41, 5.74) is 1.94. The molecule has 0 aliphatic heterocycles. The Kier molecular flexibility index (Phi) is 2.95. The van der Waals surface area contributed by atoms with E-state index in [0.717, 1.165) is 16.7 Å². The minimum Gasteiger partial charge on any atom is -0.497 e. The standard InChI is InChI=1S/C13H13NO3/c1-8-11(13(15)17-3)6-9-4-5-10(16-2)7-12(9)14-8/h4-7H,1-3H3. The van der Waals surface area contributed by atoms with Gasteiger partial charge in [0, 0.05) is 11.5 Å². The molecule has 0 fully saturated rings. The van der Waals surface area contributed by atoms with Gasteiger partial charge < -0.3 is 9.47 Å². The fraction of sp³-hybridized carbons (Fsp3) is 0.231. The van der Waals surface area contributed by atoms with E-state index >= 15 is 0 Å². The first kappa shape index (κ1) is 11.4. The Hall–Kier alpha value is -2.10. The van der Waals surface area contributed by atoms with Crippen molar-refractivity contribution in [1.29, 1.82) is 0 Å². The largest absolute Gasteiger partial charge is 0.497 e. The van der Waals surface area contributed by atoms with Crippen molar-refractivity contribution in [2.75, 3.05) is 14.2 Å². The van der Waals surface area contributed by atoms with Crippen LogP contribution < -0.4 is 4.74 Å². The molecule has 4 heteroatoms. The lowest BCUT2D eigenvalue weighted by Crippen LogP contribution is -2.05. The Balaban J connectivity index is 2.62. The number of methoxy groups -OCH3 is 2. The number of hydrogen-bond acceptors (Lipinski definition) is 4. The molecular formula is C13H13NO3. The third kappa shape index (κ3) is 2.06. The van der Waals surface area contributed by atoms with Gasteiger partial charge in [0.25, 0.3) is 0 Å². The number of ether oxygens (including phenoxy) is 2. The number of aromatic nitrogens is 1. The number of benzene rings is 1. The molecule has 17 heavy (non-hydrogen) atoms. The van der Waals surface area contributed by atoms with Crippen LogP contribution in [0.3, 0.4) is 0 Å². The fourth-order valence-electron chi connectivity index (χ4n) is 1.69. The topological polar surface area (TPSA) is 48.4 Å². The molecule has 0 saturated heterocycles. The van der Waals surface area contributed by atoms with E-state index in [2.05, 4.69) is 4.98 Å². The normalized spacial score (nSPS) is 10.3. The van der Waals surface area contributed by atoms with Gasteiger partial charge in [-0.05, 0) is 25.1 Å². The lowest BCUT2D eigenvalue weighted by atomic mass is 10.1. The molecule has 1 heterocycles. The first-order valence-corrected chi connectivity index (χ1v) is 5.19. The van der Waals surface area contributed by atoms with E-state index in [1.165, 1.54) is 7.11 Å². The summed E-state index contributed by atoms with van der Waals surface area (Å²) in [7, 11) is 2.97. The van der Waals surface area contributed by atoms with Gasteiger partial charge >= 0.3 is 5.97 Å². The van der Waals surface area contributed by atoms with Crippen molar-refractivity contribution >= 4 is 16.9 Å². The summed E-state index contributed by atoms with van der Waals surface area (Å²) in [6.45, 7) is 1.78. The summed E-state index contributed by atoms with van der Waals surface area (Å²) in [6.07, 6.45) is 0. The van der Waals surface area contributed by atoms with E-state index in [9.17, 15) is 4.79 Å². The van der Waals surface area contributed by atoms with Gasteiger partial charge in [0.2, 0.25) is 0 Å². The SMILES string of the molecule is COC(=O)c1cc2ccc(OC)cc2nc1C. The number of carbonyl (C=O) groups excluding carboxylic acids is 1. The molecule has 0 unspecified atom stereocenters. The highest BCUT2D eigenvalue weighted by atomic mass is 16.5. The monoisotopic (exact) mass is 231 g/mol. The molecule has 88 valence electrons. The number of aryl methyl sites for hydroxylation is 1. The van der Waals surface area contributed by atoms with Crippen LogP contribution in [0, 0.1) is 6.92 Å². The number of hydrogen-bond donors (Lipinski definition) is 0. The molecular weight excluding hydrogens is 218 g/mol. The highest BCUT2D eigenvalue weighted by Crippen LogP contribution is 2.21. The van der Waals surface area contributed by atoms with Crippen LogP contribution >= 0.6 is 0 Å². The van der Waals surface area contributed by atoms with Crippen LogP contribution in [0.15, 0.2) is 24.3 Å². The summed E-state index contributed by atoms with van der Waals surface area (Å²) >= 11 is 0. The third-order valence-electron chi connectivity index (χ3n) is 2.62. The zero-order valence-electron chi connectivity index (χ0n) is 9.98. The highest BCUT2D eigenvalue weighted by Gasteiger charge is 2.11. The Morgan fingerprint density at radius 3 is 2.65 bits per heavy atom. The quantitative estimate of drug-likeness (QED) is 0.744. The van der Waals surface area contributed by atoms with E-state index in [0.29, 0.717) is 11.3 Å². The van der Waals surface area contributed by atoms with Crippen molar-refractivity contribution in [2.45, 2.75) is 6.92 Å². The Bertz CT molecular complexity index is 578. The molecule has 0 amide bonds. The van der Waals surface area contributed by atoms with E-state index in [1.807, 2.05) is 18.2 Å². The minimum absolute atomic E-state index is 0.368. The van der Waals surface area contributed by atoms with E-state index in [-0.39, 0.29) is 5.97 Å². The molecule has 4 nitrogen and oxygen atoms in total. The first-order chi connectivity index (χ1) is 8.15. The van der Waals surface area contributed by atoms with Crippen molar-refractivity contribution in [1.82, 2.24) is 4.98 Å². The molecule has 0 aliphatic carbocycles. The summed E-state index contributed by atoms with van der Waals surface area (Å²) in [5.74, 6) is 0.378. The average molecular weight is 231 g/mol. The second-order valence-electron chi connectivity index (χ2n) is 3.67. The van der Waals surface area contributed by atoms with Gasteiger partial charge in [-0.3, -0.25) is 4.98 Å². The van der Waals surface area contributed by atoms with E-state index < -0.39 is 0 Å². The first-order valence-electron chi connectivity index (χ1n) is 5.19.